The van der Waals surface area contributed by atoms with Crippen molar-refractivity contribution in [2.45, 2.75) is 19.4 Å². The molecule has 0 rings (SSSR count). The van der Waals surface area contributed by atoms with Gasteiger partial charge in [-0.2, -0.15) is 4.89 Å². The van der Waals surface area contributed by atoms with E-state index in [0.29, 0.717) is 0 Å². The minimum atomic E-state index is -0.990. The SMILES string of the molecule is CN(C)C(=O)OCC#CC(C)(C)OOC(=O)N(C)C. The number of carbonyl (C=O) groups is 2. The molecular weight excluding hydrogens is 252 g/mol. The average Bonchev–Trinajstić information content (AvgIpc) is 2.31. The number of rotatable bonds is 3. The molecule has 0 aliphatic carbocycles. The molecule has 7 heteroatoms. The minimum absolute atomic E-state index is 0.0641. The van der Waals surface area contributed by atoms with Gasteiger partial charge in [-0.05, 0) is 13.8 Å². The molecule has 0 aromatic heterocycles. The zero-order valence-corrected chi connectivity index (χ0v) is 12.1. The summed E-state index contributed by atoms with van der Waals surface area (Å²) < 4.78 is 4.80. The van der Waals surface area contributed by atoms with E-state index >= 15 is 0 Å². The van der Waals surface area contributed by atoms with Crippen LogP contribution in [-0.2, 0) is 14.5 Å². The quantitative estimate of drug-likeness (QED) is 0.437. The predicted octanol–water partition coefficient (Wildman–Crippen LogP) is 1.10. The zero-order valence-electron chi connectivity index (χ0n) is 12.1. The Morgan fingerprint density at radius 2 is 1.58 bits per heavy atom. The number of amides is 2. The van der Waals surface area contributed by atoms with Gasteiger partial charge in [0, 0.05) is 28.2 Å². The predicted molar refractivity (Wildman–Crippen MR) is 68.1 cm³/mol. The maximum atomic E-state index is 11.1. The molecule has 19 heavy (non-hydrogen) atoms. The van der Waals surface area contributed by atoms with Crippen molar-refractivity contribution in [1.29, 1.82) is 0 Å². The molecule has 2 amide bonds. The van der Waals surface area contributed by atoms with Crippen LogP contribution in [0.2, 0.25) is 0 Å². The molecule has 0 bridgehead atoms. The van der Waals surface area contributed by atoms with E-state index in [2.05, 4.69) is 16.7 Å². The van der Waals surface area contributed by atoms with Crippen molar-refractivity contribution in [2.24, 2.45) is 0 Å². The summed E-state index contributed by atoms with van der Waals surface area (Å²) in [5, 5.41) is 0. The van der Waals surface area contributed by atoms with Gasteiger partial charge in [0.05, 0.1) is 0 Å². The summed E-state index contributed by atoms with van der Waals surface area (Å²) in [5.41, 5.74) is -0.990. The highest BCUT2D eigenvalue weighted by Gasteiger charge is 2.20. The van der Waals surface area contributed by atoms with E-state index in [1.54, 1.807) is 27.9 Å². The topological polar surface area (TPSA) is 68.3 Å². The minimum Gasteiger partial charge on any atom is -0.436 e. The van der Waals surface area contributed by atoms with Crippen LogP contribution in [0.25, 0.3) is 0 Å². The van der Waals surface area contributed by atoms with Crippen LogP contribution in [0.15, 0.2) is 0 Å². The van der Waals surface area contributed by atoms with Crippen LogP contribution < -0.4 is 0 Å². The molecule has 0 aromatic rings. The number of carbonyl (C=O) groups excluding carboxylic acids is 2. The molecule has 0 spiro atoms. The van der Waals surface area contributed by atoms with Gasteiger partial charge in [0.25, 0.3) is 0 Å². The van der Waals surface area contributed by atoms with Gasteiger partial charge >= 0.3 is 12.2 Å². The molecule has 0 aromatic carbocycles. The lowest BCUT2D eigenvalue weighted by molar-refractivity contribution is -0.292. The summed E-state index contributed by atoms with van der Waals surface area (Å²) >= 11 is 0. The van der Waals surface area contributed by atoms with Crippen molar-refractivity contribution >= 4 is 12.2 Å². The van der Waals surface area contributed by atoms with Gasteiger partial charge in [0.15, 0.2) is 12.2 Å². The molecule has 0 heterocycles. The fraction of sp³-hybridized carbons (Fsp3) is 0.667. The van der Waals surface area contributed by atoms with Crippen molar-refractivity contribution in [3.8, 4) is 11.8 Å². The van der Waals surface area contributed by atoms with Gasteiger partial charge in [-0.25, -0.2) is 9.59 Å². The molecule has 0 fully saturated rings. The molecule has 0 radical (unpaired) electrons. The van der Waals surface area contributed by atoms with E-state index in [1.165, 1.54) is 23.9 Å². The fourth-order valence-electron chi connectivity index (χ4n) is 0.711. The number of ether oxygens (including phenoxy) is 1. The molecular formula is C12H20N2O5. The normalized spacial score (nSPS) is 10.0. The Kier molecular flexibility index (Phi) is 6.72. The van der Waals surface area contributed by atoms with Gasteiger partial charge in [-0.1, -0.05) is 11.8 Å². The summed E-state index contributed by atoms with van der Waals surface area (Å²) in [6.07, 6.45) is -1.11. The maximum Gasteiger partial charge on any atom is 0.440 e. The first kappa shape index (κ1) is 17.1. The standard InChI is InChI=1S/C12H20N2O5/c1-12(2,19-18-11(16)14(5)6)8-7-9-17-10(15)13(3)4/h9H2,1-6H3. The van der Waals surface area contributed by atoms with Crippen molar-refractivity contribution in [2.75, 3.05) is 34.8 Å². The summed E-state index contributed by atoms with van der Waals surface area (Å²) in [5.74, 6) is 5.30. The number of hydrogen-bond acceptors (Lipinski definition) is 5. The summed E-state index contributed by atoms with van der Waals surface area (Å²) in [6, 6.07) is 0. The van der Waals surface area contributed by atoms with E-state index in [1.807, 2.05) is 0 Å². The van der Waals surface area contributed by atoms with Crippen molar-refractivity contribution in [1.82, 2.24) is 9.80 Å². The Labute approximate surface area is 113 Å². The highest BCUT2D eigenvalue weighted by molar-refractivity contribution is 5.67. The second-order valence-electron chi connectivity index (χ2n) is 4.59. The van der Waals surface area contributed by atoms with E-state index in [4.69, 9.17) is 9.62 Å². The molecule has 0 atom stereocenters. The highest BCUT2D eigenvalue weighted by Crippen LogP contribution is 2.08. The van der Waals surface area contributed by atoms with E-state index < -0.39 is 17.8 Å². The zero-order chi connectivity index (χ0) is 15.1. The first-order valence-electron chi connectivity index (χ1n) is 5.57. The lowest BCUT2D eigenvalue weighted by Gasteiger charge is -2.17. The van der Waals surface area contributed by atoms with Gasteiger partial charge < -0.3 is 14.5 Å². The van der Waals surface area contributed by atoms with Gasteiger partial charge in [-0.3, -0.25) is 4.89 Å². The number of hydrogen-bond donors (Lipinski definition) is 0. The van der Waals surface area contributed by atoms with Gasteiger partial charge in [0.2, 0.25) is 0 Å². The first-order valence-corrected chi connectivity index (χ1v) is 5.57. The van der Waals surface area contributed by atoms with Crippen LogP contribution in [-0.4, -0.2) is 62.4 Å². The largest absolute Gasteiger partial charge is 0.440 e. The second kappa shape index (κ2) is 7.48. The third-order valence-corrected chi connectivity index (χ3v) is 1.71. The van der Waals surface area contributed by atoms with E-state index in [0.717, 1.165) is 0 Å². The Morgan fingerprint density at radius 3 is 2.05 bits per heavy atom. The molecule has 0 aliphatic rings. The van der Waals surface area contributed by atoms with Crippen molar-refractivity contribution < 1.29 is 24.1 Å². The van der Waals surface area contributed by atoms with Crippen LogP contribution >= 0.6 is 0 Å². The monoisotopic (exact) mass is 272 g/mol. The van der Waals surface area contributed by atoms with Crippen LogP contribution in [0.4, 0.5) is 9.59 Å². The van der Waals surface area contributed by atoms with Crippen molar-refractivity contribution in [3.05, 3.63) is 0 Å². The summed E-state index contributed by atoms with van der Waals surface area (Å²) in [4.78, 5) is 34.2. The van der Waals surface area contributed by atoms with Crippen LogP contribution in [0.1, 0.15) is 13.8 Å². The molecule has 108 valence electrons. The summed E-state index contributed by atoms with van der Waals surface area (Å²) in [6.45, 7) is 3.18. The van der Waals surface area contributed by atoms with Crippen LogP contribution in [0, 0.1) is 11.8 Å². The lowest BCUT2D eigenvalue weighted by Crippen LogP contribution is -2.29. The molecule has 0 saturated carbocycles. The van der Waals surface area contributed by atoms with Crippen LogP contribution in [0.5, 0.6) is 0 Å². The third kappa shape index (κ3) is 7.89. The van der Waals surface area contributed by atoms with E-state index in [-0.39, 0.29) is 6.61 Å². The van der Waals surface area contributed by atoms with Crippen LogP contribution in [0.3, 0.4) is 0 Å². The highest BCUT2D eigenvalue weighted by atomic mass is 17.2. The second-order valence-corrected chi connectivity index (χ2v) is 4.59. The summed E-state index contributed by atoms with van der Waals surface area (Å²) in [7, 11) is 6.21. The lowest BCUT2D eigenvalue weighted by atomic mass is 10.1. The molecule has 7 nitrogen and oxygen atoms in total. The fourth-order valence-corrected chi connectivity index (χ4v) is 0.711. The Hall–Kier alpha value is -1.94. The van der Waals surface area contributed by atoms with Gasteiger partial charge in [0.1, 0.15) is 0 Å². The number of nitrogens with zero attached hydrogens (tertiary/aromatic N) is 2. The average molecular weight is 272 g/mol. The maximum absolute atomic E-state index is 11.1. The Morgan fingerprint density at radius 1 is 1.05 bits per heavy atom. The van der Waals surface area contributed by atoms with Gasteiger partial charge in [-0.15, -0.1) is 0 Å². The molecule has 0 saturated heterocycles. The smallest absolute Gasteiger partial charge is 0.436 e. The van der Waals surface area contributed by atoms with Crippen molar-refractivity contribution in [3.63, 3.8) is 0 Å². The molecule has 0 aliphatic heterocycles. The third-order valence-electron chi connectivity index (χ3n) is 1.71. The molecule has 0 unspecified atom stereocenters. The first-order chi connectivity index (χ1) is 8.65. The molecule has 0 N–H and O–H groups in total. The Balaban J connectivity index is 4.16. The Bertz CT molecular complexity index is 379. The van der Waals surface area contributed by atoms with E-state index in [9.17, 15) is 9.59 Å².